The van der Waals surface area contributed by atoms with Gasteiger partial charge in [-0.15, -0.1) is 0 Å². The molecule has 3 heteroatoms. The minimum atomic E-state index is 1.09. The van der Waals surface area contributed by atoms with Crippen molar-refractivity contribution < 1.29 is 0 Å². The standard InChI is InChI=1S/C15H15N3/c1-8-3-6-13-12(7-8)11-5-4-10-9(2)17-18-15(10)14(11)16-13/h3,6-7,16H,4-5H2,1-2H3,(H,17,18). The maximum absolute atomic E-state index is 4.46. The summed E-state index contributed by atoms with van der Waals surface area (Å²) in [5.74, 6) is 0. The van der Waals surface area contributed by atoms with Crippen LogP contribution in [0.3, 0.4) is 0 Å². The summed E-state index contributed by atoms with van der Waals surface area (Å²) in [6.45, 7) is 4.25. The van der Waals surface area contributed by atoms with Gasteiger partial charge in [0.05, 0.1) is 5.69 Å². The second kappa shape index (κ2) is 3.25. The highest BCUT2D eigenvalue weighted by atomic mass is 15.1. The molecule has 90 valence electrons. The summed E-state index contributed by atoms with van der Waals surface area (Å²) in [5.41, 5.74) is 8.85. The van der Waals surface area contributed by atoms with Gasteiger partial charge in [0.15, 0.2) is 0 Å². The van der Waals surface area contributed by atoms with Crippen LogP contribution in [0, 0.1) is 13.8 Å². The van der Waals surface area contributed by atoms with Crippen molar-refractivity contribution in [1.82, 2.24) is 15.2 Å². The molecule has 3 nitrogen and oxygen atoms in total. The number of rotatable bonds is 0. The molecule has 0 bridgehead atoms. The van der Waals surface area contributed by atoms with Gasteiger partial charge in [-0.05, 0) is 44.4 Å². The lowest BCUT2D eigenvalue weighted by molar-refractivity contribution is 0.938. The highest BCUT2D eigenvalue weighted by Gasteiger charge is 2.24. The summed E-state index contributed by atoms with van der Waals surface area (Å²) in [7, 11) is 0. The molecule has 0 atom stereocenters. The van der Waals surface area contributed by atoms with E-state index in [0.717, 1.165) is 18.5 Å². The van der Waals surface area contributed by atoms with E-state index < -0.39 is 0 Å². The van der Waals surface area contributed by atoms with Gasteiger partial charge >= 0.3 is 0 Å². The Balaban J connectivity index is 2.08. The maximum atomic E-state index is 4.46. The van der Waals surface area contributed by atoms with Gasteiger partial charge in [0.1, 0.15) is 5.69 Å². The third kappa shape index (κ3) is 1.16. The molecule has 0 aliphatic heterocycles. The first-order chi connectivity index (χ1) is 8.74. The van der Waals surface area contributed by atoms with Crippen LogP contribution in [-0.2, 0) is 12.8 Å². The van der Waals surface area contributed by atoms with E-state index in [1.54, 1.807) is 0 Å². The van der Waals surface area contributed by atoms with Gasteiger partial charge in [0.2, 0.25) is 0 Å². The Morgan fingerprint density at radius 1 is 1.11 bits per heavy atom. The molecule has 0 amide bonds. The zero-order valence-electron chi connectivity index (χ0n) is 10.6. The number of aromatic nitrogens is 3. The number of fused-ring (bicyclic) bond motifs is 5. The Morgan fingerprint density at radius 3 is 2.83 bits per heavy atom. The fraction of sp³-hybridized carbons (Fsp3) is 0.267. The lowest BCUT2D eigenvalue weighted by Gasteiger charge is -2.11. The Labute approximate surface area is 105 Å². The van der Waals surface area contributed by atoms with Crippen molar-refractivity contribution in [3.63, 3.8) is 0 Å². The number of hydrogen-bond acceptors (Lipinski definition) is 1. The average Bonchev–Trinajstić information content (AvgIpc) is 2.90. The van der Waals surface area contributed by atoms with E-state index in [-0.39, 0.29) is 0 Å². The zero-order valence-corrected chi connectivity index (χ0v) is 10.6. The Hall–Kier alpha value is -2.03. The first-order valence-corrected chi connectivity index (χ1v) is 6.39. The van der Waals surface area contributed by atoms with E-state index in [9.17, 15) is 0 Å². The van der Waals surface area contributed by atoms with Crippen LogP contribution in [0.25, 0.3) is 22.3 Å². The fourth-order valence-corrected chi connectivity index (χ4v) is 3.04. The molecule has 18 heavy (non-hydrogen) atoms. The van der Waals surface area contributed by atoms with Crippen molar-refractivity contribution in [3.05, 3.63) is 40.6 Å². The van der Waals surface area contributed by atoms with Crippen molar-refractivity contribution in [2.24, 2.45) is 0 Å². The molecule has 0 saturated carbocycles. The third-order valence-corrected chi connectivity index (χ3v) is 4.00. The molecular weight excluding hydrogens is 222 g/mol. The molecule has 0 radical (unpaired) electrons. The van der Waals surface area contributed by atoms with E-state index >= 15 is 0 Å². The van der Waals surface area contributed by atoms with Crippen LogP contribution in [0.15, 0.2) is 18.2 Å². The summed E-state index contributed by atoms with van der Waals surface area (Å²) >= 11 is 0. The van der Waals surface area contributed by atoms with Gasteiger partial charge < -0.3 is 4.98 Å². The van der Waals surface area contributed by atoms with Crippen LogP contribution in [0.1, 0.15) is 22.4 Å². The largest absolute Gasteiger partial charge is 0.353 e. The summed E-state index contributed by atoms with van der Waals surface area (Å²) in [4.78, 5) is 3.53. The van der Waals surface area contributed by atoms with Crippen LogP contribution >= 0.6 is 0 Å². The van der Waals surface area contributed by atoms with E-state index in [0.29, 0.717) is 0 Å². The molecule has 4 rings (SSSR count). The number of nitrogens with one attached hydrogen (secondary N) is 2. The van der Waals surface area contributed by atoms with Crippen LogP contribution < -0.4 is 0 Å². The highest BCUT2D eigenvalue weighted by Crippen LogP contribution is 2.37. The summed E-state index contributed by atoms with van der Waals surface area (Å²) in [5, 5.41) is 8.92. The number of aromatic amines is 2. The molecule has 2 N–H and O–H groups in total. The van der Waals surface area contributed by atoms with E-state index in [1.807, 2.05) is 0 Å². The summed E-state index contributed by atoms with van der Waals surface area (Å²) in [6, 6.07) is 6.60. The van der Waals surface area contributed by atoms with Gasteiger partial charge in [0.25, 0.3) is 0 Å². The van der Waals surface area contributed by atoms with Gasteiger partial charge in [-0.3, -0.25) is 5.10 Å². The minimum absolute atomic E-state index is 1.09. The van der Waals surface area contributed by atoms with Crippen LogP contribution in [-0.4, -0.2) is 15.2 Å². The smallest absolute Gasteiger partial charge is 0.112 e. The van der Waals surface area contributed by atoms with Crippen LogP contribution in [0.4, 0.5) is 0 Å². The van der Waals surface area contributed by atoms with Gasteiger partial charge in [-0.1, -0.05) is 11.6 Å². The average molecular weight is 237 g/mol. The van der Waals surface area contributed by atoms with Gasteiger partial charge in [-0.25, -0.2) is 0 Å². The normalized spacial score (nSPS) is 13.7. The second-order valence-electron chi connectivity index (χ2n) is 5.20. The minimum Gasteiger partial charge on any atom is -0.353 e. The number of nitrogens with zero attached hydrogens (tertiary/aromatic N) is 1. The van der Waals surface area contributed by atoms with Crippen LogP contribution in [0.2, 0.25) is 0 Å². The lowest BCUT2D eigenvalue weighted by Crippen LogP contribution is -2.02. The molecule has 0 saturated heterocycles. The molecule has 2 aromatic heterocycles. The second-order valence-corrected chi connectivity index (χ2v) is 5.20. The number of H-pyrrole nitrogens is 2. The van der Waals surface area contributed by atoms with E-state index in [1.165, 1.54) is 39.0 Å². The predicted octanol–water partition coefficient (Wildman–Crippen LogP) is 3.27. The summed E-state index contributed by atoms with van der Waals surface area (Å²) < 4.78 is 0. The molecule has 1 aliphatic rings. The number of hydrogen-bond donors (Lipinski definition) is 2. The molecule has 0 unspecified atom stereocenters. The van der Waals surface area contributed by atoms with Gasteiger partial charge in [0, 0.05) is 22.2 Å². The van der Waals surface area contributed by atoms with Crippen LogP contribution in [0.5, 0.6) is 0 Å². The highest BCUT2D eigenvalue weighted by molar-refractivity contribution is 5.92. The first-order valence-electron chi connectivity index (χ1n) is 6.39. The van der Waals surface area contributed by atoms with E-state index in [2.05, 4.69) is 47.2 Å². The molecule has 2 heterocycles. The quantitative estimate of drug-likeness (QED) is 0.619. The monoisotopic (exact) mass is 237 g/mol. The Morgan fingerprint density at radius 2 is 1.94 bits per heavy atom. The molecule has 0 fully saturated rings. The van der Waals surface area contributed by atoms with Gasteiger partial charge in [-0.2, -0.15) is 5.10 Å². The van der Waals surface area contributed by atoms with Crippen molar-refractivity contribution in [2.75, 3.05) is 0 Å². The summed E-state index contributed by atoms with van der Waals surface area (Å²) in [6.07, 6.45) is 2.19. The molecule has 3 aromatic rings. The first kappa shape index (κ1) is 9.95. The van der Waals surface area contributed by atoms with Crippen molar-refractivity contribution in [1.29, 1.82) is 0 Å². The topological polar surface area (TPSA) is 44.5 Å². The SMILES string of the molecule is Cc1ccc2[nH]c3c(c2c1)CCc1c-3n[nH]c1C. The van der Waals surface area contributed by atoms with Crippen molar-refractivity contribution in [3.8, 4) is 11.4 Å². The number of aryl methyl sites for hydroxylation is 3. The molecule has 0 spiro atoms. The maximum Gasteiger partial charge on any atom is 0.112 e. The third-order valence-electron chi connectivity index (χ3n) is 4.00. The lowest BCUT2D eigenvalue weighted by atomic mass is 9.92. The molecule has 1 aliphatic carbocycles. The molecule has 1 aromatic carbocycles. The van der Waals surface area contributed by atoms with E-state index in [4.69, 9.17) is 0 Å². The predicted molar refractivity (Wildman–Crippen MR) is 72.8 cm³/mol. The molecular formula is C15H15N3. The number of benzene rings is 1. The fourth-order valence-electron chi connectivity index (χ4n) is 3.04. The Kier molecular flexibility index (Phi) is 1.80. The van der Waals surface area contributed by atoms with Crippen molar-refractivity contribution >= 4 is 10.9 Å². The Bertz CT molecular complexity index is 761. The van der Waals surface area contributed by atoms with Crippen molar-refractivity contribution in [2.45, 2.75) is 26.7 Å². The zero-order chi connectivity index (χ0) is 12.3.